The van der Waals surface area contributed by atoms with Crippen molar-refractivity contribution in [3.63, 3.8) is 0 Å². The van der Waals surface area contributed by atoms with Crippen LogP contribution in [0.15, 0.2) is 23.4 Å². The Balaban J connectivity index is 1.62. The molecule has 1 aliphatic carbocycles. The second-order valence-corrected chi connectivity index (χ2v) is 10.7. The Morgan fingerprint density at radius 2 is 2.03 bits per heavy atom. The number of halogens is 1. The summed E-state index contributed by atoms with van der Waals surface area (Å²) in [5, 5.41) is 27.0. The van der Waals surface area contributed by atoms with Gasteiger partial charge in [-0.1, -0.05) is 36.7 Å². The van der Waals surface area contributed by atoms with Crippen molar-refractivity contribution in [2.75, 3.05) is 6.79 Å². The van der Waals surface area contributed by atoms with Gasteiger partial charge in [0, 0.05) is 22.3 Å². The average Bonchev–Trinajstić information content (AvgIpc) is 3.39. The van der Waals surface area contributed by atoms with Crippen LogP contribution in [0.4, 0.5) is 0 Å². The number of aromatic carboxylic acids is 1. The van der Waals surface area contributed by atoms with Crippen molar-refractivity contribution in [1.82, 2.24) is 10.2 Å². The minimum Gasteiger partial charge on any atom is -0.481 e. The lowest BCUT2D eigenvalue weighted by Gasteiger charge is -2.44. The molecule has 2 heterocycles. The molecule has 10 heteroatoms. The van der Waals surface area contributed by atoms with E-state index in [0.717, 1.165) is 37.7 Å². The number of fused-ring (bicyclic) bond motifs is 1. The van der Waals surface area contributed by atoms with Gasteiger partial charge >= 0.3 is 11.9 Å². The molecule has 1 saturated carbocycles. The van der Waals surface area contributed by atoms with Crippen LogP contribution < -0.4 is 9.47 Å². The van der Waals surface area contributed by atoms with Crippen LogP contribution in [-0.2, 0) is 11.2 Å². The fourth-order valence-electron chi connectivity index (χ4n) is 5.11. The number of H-pyrrole nitrogens is 1. The molecule has 0 bridgehead atoms. The molecule has 1 aliphatic heterocycles. The summed E-state index contributed by atoms with van der Waals surface area (Å²) < 4.78 is 10.7. The number of carbonyl (C=O) groups is 2. The molecule has 0 saturated heterocycles. The van der Waals surface area contributed by atoms with Crippen molar-refractivity contribution in [2.24, 2.45) is 11.8 Å². The molecule has 2 aromatic rings. The number of hydrogen-bond donors (Lipinski definition) is 3. The van der Waals surface area contributed by atoms with Crippen LogP contribution in [0.2, 0.25) is 5.02 Å². The highest BCUT2D eigenvalue weighted by molar-refractivity contribution is 8.00. The first kappa shape index (κ1) is 23.8. The van der Waals surface area contributed by atoms with E-state index in [1.165, 1.54) is 18.0 Å². The zero-order valence-electron chi connectivity index (χ0n) is 18.3. The maximum atomic E-state index is 11.6. The topological polar surface area (TPSA) is 122 Å². The Bertz CT molecular complexity index is 1040. The molecular weight excluding hydrogens is 468 g/mol. The van der Waals surface area contributed by atoms with Crippen LogP contribution in [0.5, 0.6) is 11.5 Å². The summed E-state index contributed by atoms with van der Waals surface area (Å²) in [7, 11) is 0. The number of aromatic nitrogens is 2. The molecule has 178 valence electrons. The summed E-state index contributed by atoms with van der Waals surface area (Å²) in [6.45, 7) is 2.27. The molecule has 1 aromatic carbocycles. The summed E-state index contributed by atoms with van der Waals surface area (Å²) >= 11 is 8.08. The number of carboxylic acids is 2. The number of ether oxygens (including phenoxy) is 2. The monoisotopic (exact) mass is 494 g/mol. The fraction of sp³-hybridized carbons (Fsp3) is 0.522. The first-order valence-electron chi connectivity index (χ1n) is 11.1. The van der Waals surface area contributed by atoms with Crippen molar-refractivity contribution in [3.8, 4) is 11.5 Å². The van der Waals surface area contributed by atoms with E-state index in [4.69, 9.17) is 21.1 Å². The summed E-state index contributed by atoms with van der Waals surface area (Å²) in [6, 6.07) is 3.65. The zero-order valence-corrected chi connectivity index (χ0v) is 19.9. The van der Waals surface area contributed by atoms with Crippen molar-refractivity contribution < 1.29 is 29.3 Å². The standard InChI is InChI=1S/C23H27ClN2O6S/c1-2-4-23(33-21-16(22(29)30)11-25-26-21)5-3-13(8-20(27)28)15(10-23)6-14-7-18-19(9-17(14)24)32-12-31-18/h7,9,11,13,15H,2-6,8,10,12H2,1H3,(H,25,26)(H,27,28)(H,29,30). The van der Waals surface area contributed by atoms with Gasteiger partial charge in [-0.25, -0.2) is 4.79 Å². The summed E-state index contributed by atoms with van der Waals surface area (Å²) in [4.78, 5) is 23.2. The third-order valence-electron chi connectivity index (χ3n) is 6.59. The van der Waals surface area contributed by atoms with E-state index in [1.807, 2.05) is 6.07 Å². The van der Waals surface area contributed by atoms with Crippen LogP contribution in [0.3, 0.4) is 0 Å². The normalized spacial score (nSPS) is 24.1. The van der Waals surface area contributed by atoms with E-state index in [-0.39, 0.29) is 35.4 Å². The number of rotatable bonds is 9. The SMILES string of the molecule is CCCC1(Sc2[nH]ncc2C(=O)O)CCC(CC(=O)O)C(Cc2cc3c(cc2Cl)OCO3)C1. The summed E-state index contributed by atoms with van der Waals surface area (Å²) in [5.41, 5.74) is 1.07. The van der Waals surface area contributed by atoms with Gasteiger partial charge in [-0.2, -0.15) is 5.10 Å². The van der Waals surface area contributed by atoms with Gasteiger partial charge in [-0.15, -0.1) is 0 Å². The van der Waals surface area contributed by atoms with E-state index in [9.17, 15) is 19.8 Å². The van der Waals surface area contributed by atoms with E-state index in [1.54, 1.807) is 6.07 Å². The number of aliphatic carboxylic acids is 1. The number of hydrogen-bond acceptors (Lipinski definition) is 6. The van der Waals surface area contributed by atoms with E-state index in [0.29, 0.717) is 28.0 Å². The average molecular weight is 495 g/mol. The molecular formula is C23H27ClN2O6S. The van der Waals surface area contributed by atoms with E-state index >= 15 is 0 Å². The van der Waals surface area contributed by atoms with Gasteiger partial charge in [0.1, 0.15) is 10.6 Å². The third kappa shape index (κ3) is 5.24. The van der Waals surface area contributed by atoms with Crippen LogP contribution >= 0.6 is 23.4 Å². The van der Waals surface area contributed by atoms with Gasteiger partial charge in [0.25, 0.3) is 0 Å². The highest BCUT2D eigenvalue weighted by atomic mass is 35.5. The molecule has 1 fully saturated rings. The fourth-order valence-corrected chi connectivity index (χ4v) is 6.94. The Kier molecular flexibility index (Phi) is 7.09. The first-order valence-corrected chi connectivity index (χ1v) is 12.2. The highest BCUT2D eigenvalue weighted by Gasteiger charge is 2.43. The lowest BCUT2D eigenvalue weighted by Crippen LogP contribution is -2.38. The van der Waals surface area contributed by atoms with Gasteiger partial charge in [-0.3, -0.25) is 9.89 Å². The molecule has 3 unspecified atom stereocenters. The molecule has 1 aromatic heterocycles. The molecule has 3 atom stereocenters. The van der Waals surface area contributed by atoms with Crippen LogP contribution in [-0.4, -0.2) is 43.9 Å². The minimum atomic E-state index is -1.01. The molecule has 3 N–H and O–H groups in total. The minimum absolute atomic E-state index is 0.00952. The number of thioether (sulfide) groups is 1. The second-order valence-electron chi connectivity index (χ2n) is 8.81. The van der Waals surface area contributed by atoms with Crippen molar-refractivity contribution in [2.45, 2.75) is 61.6 Å². The van der Waals surface area contributed by atoms with Gasteiger partial charge < -0.3 is 19.7 Å². The maximum Gasteiger partial charge on any atom is 0.340 e. The van der Waals surface area contributed by atoms with Gasteiger partial charge in [0.05, 0.1) is 6.20 Å². The molecule has 4 rings (SSSR count). The van der Waals surface area contributed by atoms with Crippen LogP contribution in [0.1, 0.15) is 61.4 Å². The number of benzene rings is 1. The van der Waals surface area contributed by atoms with Crippen LogP contribution in [0, 0.1) is 11.8 Å². The van der Waals surface area contributed by atoms with Crippen molar-refractivity contribution >= 4 is 35.3 Å². The third-order valence-corrected chi connectivity index (χ3v) is 8.47. The number of nitrogens with one attached hydrogen (secondary N) is 1. The van der Waals surface area contributed by atoms with E-state index in [2.05, 4.69) is 17.1 Å². The summed E-state index contributed by atoms with van der Waals surface area (Å²) in [5.74, 6) is -0.470. The molecule has 8 nitrogen and oxygen atoms in total. The molecule has 0 amide bonds. The zero-order chi connectivity index (χ0) is 23.6. The number of aromatic amines is 1. The molecule has 0 radical (unpaired) electrons. The number of carboxylic acid groups (broad SMARTS) is 2. The Labute approximate surface area is 201 Å². The van der Waals surface area contributed by atoms with Gasteiger partial charge in [0.2, 0.25) is 6.79 Å². The molecule has 33 heavy (non-hydrogen) atoms. The Morgan fingerprint density at radius 3 is 2.73 bits per heavy atom. The van der Waals surface area contributed by atoms with Gasteiger partial charge in [0.15, 0.2) is 11.5 Å². The number of nitrogens with zero attached hydrogens (tertiary/aromatic N) is 1. The highest BCUT2D eigenvalue weighted by Crippen LogP contribution is 2.52. The first-order chi connectivity index (χ1) is 15.8. The largest absolute Gasteiger partial charge is 0.481 e. The van der Waals surface area contributed by atoms with Gasteiger partial charge in [-0.05, 0) is 55.6 Å². The Morgan fingerprint density at radius 1 is 1.27 bits per heavy atom. The quantitative estimate of drug-likeness (QED) is 0.431. The van der Waals surface area contributed by atoms with Crippen LogP contribution in [0.25, 0.3) is 0 Å². The Hall–Kier alpha value is -2.39. The smallest absolute Gasteiger partial charge is 0.340 e. The lowest BCUT2D eigenvalue weighted by atomic mass is 9.69. The molecule has 2 aliphatic rings. The van der Waals surface area contributed by atoms with Crippen molar-refractivity contribution in [3.05, 3.63) is 34.5 Å². The predicted octanol–water partition coefficient (Wildman–Crippen LogP) is 5.25. The maximum absolute atomic E-state index is 11.6. The summed E-state index contributed by atoms with van der Waals surface area (Å²) in [6.07, 6.45) is 6.20. The van der Waals surface area contributed by atoms with E-state index < -0.39 is 11.9 Å². The second kappa shape index (κ2) is 9.85. The molecule has 0 spiro atoms. The predicted molar refractivity (Wildman–Crippen MR) is 123 cm³/mol. The lowest BCUT2D eigenvalue weighted by molar-refractivity contribution is -0.139. The van der Waals surface area contributed by atoms with Crippen molar-refractivity contribution in [1.29, 1.82) is 0 Å².